The molecule has 2 aliphatic carbocycles. The van der Waals surface area contributed by atoms with Crippen molar-refractivity contribution in [3.05, 3.63) is 60.2 Å². The fourth-order valence-electron chi connectivity index (χ4n) is 5.56. The molecule has 29 heavy (non-hydrogen) atoms. The summed E-state index contributed by atoms with van der Waals surface area (Å²) >= 11 is 0. The quantitative estimate of drug-likeness (QED) is 0.485. The third kappa shape index (κ3) is 4.94. The molecule has 0 bridgehead atoms. The number of methoxy groups -OCH3 is 1. The Labute approximate surface area is 177 Å². The number of hydrogen-bond acceptors (Lipinski definition) is 1. The summed E-state index contributed by atoms with van der Waals surface area (Å²) in [4.78, 5) is 0. The summed E-state index contributed by atoms with van der Waals surface area (Å²) in [5.74, 6) is 3.85. The Morgan fingerprint density at radius 2 is 1.38 bits per heavy atom. The molecule has 4 rings (SSSR count). The summed E-state index contributed by atoms with van der Waals surface area (Å²) < 4.78 is 5.26. The average Bonchev–Trinajstić information content (AvgIpc) is 2.80. The summed E-state index contributed by atoms with van der Waals surface area (Å²) in [7, 11) is 1.71. The van der Waals surface area contributed by atoms with Crippen molar-refractivity contribution in [1.29, 1.82) is 0 Å². The summed E-state index contributed by atoms with van der Waals surface area (Å²) in [6.07, 6.45) is 15.2. The molecule has 2 aliphatic rings. The van der Waals surface area contributed by atoms with E-state index in [1.165, 1.54) is 74.5 Å². The second-order valence-corrected chi connectivity index (χ2v) is 9.14. The van der Waals surface area contributed by atoms with Crippen LogP contribution in [0.1, 0.15) is 70.3 Å². The van der Waals surface area contributed by atoms with Crippen molar-refractivity contribution in [3.8, 4) is 16.9 Å². The van der Waals surface area contributed by atoms with Crippen LogP contribution in [0.3, 0.4) is 0 Å². The molecule has 2 aromatic rings. The van der Waals surface area contributed by atoms with Gasteiger partial charge in [0.2, 0.25) is 0 Å². The Morgan fingerprint density at radius 3 is 1.93 bits per heavy atom. The molecule has 0 radical (unpaired) electrons. The maximum absolute atomic E-state index is 5.26. The Kier molecular flexibility index (Phi) is 6.74. The molecule has 1 unspecified atom stereocenters. The number of benzene rings is 2. The van der Waals surface area contributed by atoms with Crippen LogP contribution < -0.4 is 4.74 Å². The normalized spacial score (nSPS) is 24.8. The highest BCUT2D eigenvalue weighted by Crippen LogP contribution is 2.42. The van der Waals surface area contributed by atoms with Gasteiger partial charge in [-0.3, -0.25) is 0 Å². The third-order valence-corrected chi connectivity index (χ3v) is 7.39. The molecular formula is C28H36O. The van der Waals surface area contributed by atoms with Gasteiger partial charge in [0.1, 0.15) is 5.75 Å². The van der Waals surface area contributed by atoms with Crippen LogP contribution in [0.2, 0.25) is 0 Å². The summed E-state index contributed by atoms with van der Waals surface area (Å²) in [5, 5.41) is 0. The van der Waals surface area contributed by atoms with Crippen molar-refractivity contribution >= 4 is 5.57 Å². The fraction of sp³-hybridized carbons (Fsp3) is 0.500. The van der Waals surface area contributed by atoms with E-state index in [4.69, 9.17) is 4.74 Å². The molecule has 0 spiro atoms. The Hall–Kier alpha value is -2.02. The van der Waals surface area contributed by atoms with Crippen LogP contribution in [0.25, 0.3) is 16.7 Å². The predicted molar refractivity (Wildman–Crippen MR) is 124 cm³/mol. The van der Waals surface area contributed by atoms with Crippen molar-refractivity contribution in [3.63, 3.8) is 0 Å². The van der Waals surface area contributed by atoms with Gasteiger partial charge in [0.25, 0.3) is 0 Å². The van der Waals surface area contributed by atoms with Crippen molar-refractivity contribution in [2.75, 3.05) is 7.11 Å². The second kappa shape index (κ2) is 9.65. The van der Waals surface area contributed by atoms with E-state index in [1.807, 2.05) is 12.1 Å². The minimum absolute atomic E-state index is 0.908. The monoisotopic (exact) mass is 388 g/mol. The molecule has 2 aromatic carbocycles. The van der Waals surface area contributed by atoms with Gasteiger partial charge < -0.3 is 4.74 Å². The first-order valence-corrected chi connectivity index (χ1v) is 11.7. The van der Waals surface area contributed by atoms with Crippen molar-refractivity contribution in [1.82, 2.24) is 0 Å². The Morgan fingerprint density at radius 1 is 0.759 bits per heavy atom. The highest BCUT2D eigenvalue weighted by atomic mass is 16.5. The number of ether oxygens (including phenoxy) is 1. The van der Waals surface area contributed by atoms with Crippen LogP contribution in [0.4, 0.5) is 0 Å². The van der Waals surface area contributed by atoms with Gasteiger partial charge in [0.05, 0.1) is 7.11 Å². The van der Waals surface area contributed by atoms with Gasteiger partial charge >= 0.3 is 0 Å². The lowest BCUT2D eigenvalue weighted by Crippen LogP contribution is -2.23. The highest BCUT2D eigenvalue weighted by molar-refractivity contribution is 5.71. The van der Waals surface area contributed by atoms with Crippen LogP contribution in [-0.2, 0) is 0 Å². The van der Waals surface area contributed by atoms with Gasteiger partial charge in [-0.25, -0.2) is 0 Å². The van der Waals surface area contributed by atoms with Crippen LogP contribution in [-0.4, -0.2) is 7.11 Å². The van der Waals surface area contributed by atoms with E-state index < -0.39 is 0 Å². The average molecular weight is 389 g/mol. The molecule has 0 aromatic heterocycles. The van der Waals surface area contributed by atoms with E-state index in [9.17, 15) is 0 Å². The van der Waals surface area contributed by atoms with Gasteiger partial charge in [-0.2, -0.15) is 0 Å². The molecule has 154 valence electrons. The van der Waals surface area contributed by atoms with E-state index in [0.717, 1.165) is 23.5 Å². The lowest BCUT2D eigenvalue weighted by Gasteiger charge is -2.35. The zero-order valence-electron chi connectivity index (χ0n) is 18.2. The smallest absolute Gasteiger partial charge is 0.118 e. The molecule has 1 saturated carbocycles. The zero-order chi connectivity index (χ0) is 20.1. The molecule has 1 nitrogen and oxygen atoms in total. The summed E-state index contributed by atoms with van der Waals surface area (Å²) in [5.41, 5.74) is 5.48. The van der Waals surface area contributed by atoms with Gasteiger partial charge in [-0.15, -0.1) is 0 Å². The number of allylic oxidation sites excluding steroid dienone is 2. The van der Waals surface area contributed by atoms with Crippen LogP contribution in [0, 0.1) is 17.8 Å². The minimum Gasteiger partial charge on any atom is -0.497 e. The summed E-state index contributed by atoms with van der Waals surface area (Å²) in [6, 6.07) is 17.5. The van der Waals surface area contributed by atoms with Gasteiger partial charge in [0, 0.05) is 0 Å². The second-order valence-electron chi connectivity index (χ2n) is 9.14. The van der Waals surface area contributed by atoms with E-state index in [1.54, 1.807) is 12.7 Å². The first-order chi connectivity index (χ1) is 14.3. The summed E-state index contributed by atoms with van der Waals surface area (Å²) in [6.45, 7) is 2.34. The molecular weight excluding hydrogens is 352 g/mol. The lowest BCUT2D eigenvalue weighted by molar-refractivity contribution is 0.189. The topological polar surface area (TPSA) is 9.23 Å². The number of rotatable bonds is 6. The fourth-order valence-corrected chi connectivity index (χ4v) is 5.56. The van der Waals surface area contributed by atoms with Gasteiger partial charge in [-0.05, 0) is 84.3 Å². The molecule has 0 saturated heterocycles. The van der Waals surface area contributed by atoms with E-state index in [2.05, 4.69) is 49.4 Å². The standard InChI is InChI=1S/C28H36O/c1-3-4-21-5-7-22(8-6-21)23-9-11-24(12-10-23)25-13-15-26(16-14-25)27-17-19-28(29-2)20-18-27/h11,13-23H,3-10,12H2,1-2H3. The molecule has 0 aliphatic heterocycles. The Bertz CT molecular complexity index is 791. The van der Waals surface area contributed by atoms with Gasteiger partial charge in [0.15, 0.2) is 0 Å². The van der Waals surface area contributed by atoms with E-state index >= 15 is 0 Å². The lowest BCUT2D eigenvalue weighted by atomic mass is 9.70. The molecule has 0 amide bonds. The van der Waals surface area contributed by atoms with Crippen molar-refractivity contribution < 1.29 is 4.74 Å². The predicted octanol–water partition coefficient (Wildman–Crippen LogP) is 8.15. The zero-order valence-corrected chi connectivity index (χ0v) is 18.2. The SMILES string of the molecule is CCCC1CCC(C2CC=C(c3ccc(-c4ccc(OC)cc4)cc3)CC2)CC1. The molecule has 0 N–H and O–H groups in total. The van der Waals surface area contributed by atoms with E-state index in [0.29, 0.717) is 0 Å². The van der Waals surface area contributed by atoms with Crippen LogP contribution in [0.15, 0.2) is 54.6 Å². The molecule has 1 atom stereocenters. The first kappa shape index (κ1) is 20.3. The first-order valence-electron chi connectivity index (χ1n) is 11.7. The molecule has 0 heterocycles. The largest absolute Gasteiger partial charge is 0.497 e. The number of hydrogen-bond donors (Lipinski definition) is 0. The van der Waals surface area contributed by atoms with Crippen molar-refractivity contribution in [2.24, 2.45) is 17.8 Å². The molecule has 1 fully saturated rings. The van der Waals surface area contributed by atoms with Crippen LogP contribution in [0.5, 0.6) is 5.75 Å². The highest BCUT2D eigenvalue weighted by Gasteiger charge is 2.28. The third-order valence-electron chi connectivity index (χ3n) is 7.39. The molecule has 1 heteroatoms. The minimum atomic E-state index is 0.908. The van der Waals surface area contributed by atoms with Gasteiger partial charge in [-0.1, -0.05) is 75.1 Å². The van der Waals surface area contributed by atoms with Crippen LogP contribution >= 0.6 is 0 Å². The Balaban J connectivity index is 1.35. The van der Waals surface area contributed by atoms with E-state index in [-0.39, 0.29) is 0 Å². The van der Waals surface area contributed by atoms with Crippen molar-refractivity contribution in [2.45, 2.75) is 64.7 Å². The maximum atomic E-state index is 5.26. The maximum Gasteiger partial charge on any atom is 0.118 e.